The van der Waals surface area contributed by atoms with Gasteiger partial charge in [-0.15, -0.1) is 0 Å². The number of aliphatic hydroxyl groups excluding tert-OH is 1. The van der Waals surface area contributed by atoms with Crippen molar-refractivity contribution in [2.75, 3.05) is 5.32 Å². The molecule has 0 saturated heterocycles. The monoisotopic (exact) mass is 486 g/mol. The molecule has 3 aromatic rings. The van der Waals surface area contributed by atoms with Crippen LogP contribution in [-0.4, -0.2) is 38.7 Å². The van der Waals surface area contributed by atoms with Crippen LogP contribution in [0.15, 0.2) is 48.5 Å². The van der Waals surface area contributed by atoms with Gasteiger partial charge in [0.15, 0.2) is 5.78 Å². The number of aromatic nitrogens is 2. The largest absolute Gasteiger partial charge is 0.393 e. The Morgan fingerprint density at radius 1 is 1.11 bits per heavy atom. The standard InChI is InChI=1S/C29H34N4O3/c1-29(2)16-25-27(26(35)17-29)24(14-18-6-4-3-5-7-18)32-33(25)20-10-13-22(28(30)36)23(15-20)31-19-8-11-21(34)12-9-19/h3-7,10,13,15,19,21,31,34H,8-9,11-12,14,16-17H2,1-2H3,(H2,30,36). The molecule has 0 atom stereocenters. The van der Waals surface area contributed by atoms with Crippen molar-refractivity contribution >= 4 is 17.4 Å². The van der Waals surface area contributed by atoms with Gasteiger partial charge in [-0.05, 0) is 61.3 Å². The highest BCUT2D eigenvalue weighted by Crippen LogP contribution is 2.38. The van der Waals surface area contributed by atoms with Gasteiger partial charge in [-0.3, -0.25) is 9.59 Å². The van der Waals surface area contributed by atoms with Crippen molar-refractivity contribution < 1.29 is 14.7 Å². The Hall–Kier alpha value is -3.45. The Labute approximate surface area is 211 Å². The van der Waals surface area contributed by atoms with Crippen LogP contribution in [0.2, 0.25) is 0 Å². The summed E-state index contributed by atoms with van der Waals surface area (Å²) in [5, 5.41) is 18.3. The molecule has 7 heteroatoms. The number of nitrogens with two attached hydrogens (primary N) is 1. The third-order valence-electron chi connectivity index (χ3n) is 7.40. The van der Waals surface area contributed by atoms with E-state index in [0.717, 1.165) is 60.3 Å². The number of primary amides is 1. The van der Waals surface area contributed by atoms with Gasteiger partial charge in [-0.2, -0.15) is 5.10 Å². The van der Waals surface area contributed by atoms with Crippen molar-refractivity contribution in [3.63, 3.8) is 0 Å². The number of carbonyl (C=O) groups excluding carboxylic acids is 2. The van der Waals surface area contributed by atoms with Crippen LogP contribution in [0.1, 0.15) is 83.6 Å². The number of amides is 1. The molecular weight excluding hydrogens is 452 g/mol. The van der Waals surface area contributed by atoms with E-state index in [0.29, 0.717) is 24.1 Å². The van der Waals surface area contributed by atoms with E-state index in [-0.39, 0.29) is 23.3 Å². The molecule has 1 aromatic heterocycles. The molecule has 2 aliphatic carbocycles. The minimum atomic E-state index is -0.497. The van der Waals surface area contributed by atoms with E-state index in [1.165, 1.54) is 0 Å². The summed E-state index contributed by atoms with van der Waals surface area (Å²) in [5.74, 6) is -0.366. The topological polar surface area (TPSA) is 110 Å². The summed E-state index contributed by atoms with van der Waals surface area (Å²) in [7, 11) is 0. The van der Waals surface area contributed by atoms with Crippen molar-refractivity contribution in [1.82, 2.24) is 9.78 Å². The summed E-state index contributed by atoms with van der Waals surface area (Å²) < 4.78 is 1.88. The lowest BCUT2D eigenvalue weighted by atomic mass is 9.75. The van der Waals surface area contributed by atoms with Crippen molar-refractivity contribution in [3.8, 4) is 5.69 Å². The highest BCUT2D eigenvalue weighted by atomic mass is 16.3. The van der Waals surface area contributed by atoms with Crippen LogP contribution in [0.25, 0.3) is 5.69 Å². The fraction of sp³-hybridized carbons (Fsp3) is 0.414. The minimum absolute atomic E-state index is 0.131. The second-order valence-corrected chi connectivity index (χ2v) is 11.0. The lowest BCUT2D eigenvalue weighted by Gasteiger charge is -2.29. The fourth-order valence-electron chi connectivity index (χ4n) is 5.59. The van der Waals surface area contributed by atoms with E-state index in [4.69, 9.17) is 10.8 Å². The summed E-state index contributed by atoms with van der Waals surface area (Å²) in [6.07, 6.45) is 4.66. The zero-order valence-corrected chi connectivity index (χ0v) is 21.0. The third kappa shape index (κ3) is 4.93. The van der Waals surface area contributed by atoms with Crippen LogP contribution in [0.3, 0.4) is 0 Å². The minimum Gasteiger partial charge on any atom is -0.393 e. The highest BCUT2D eigenvalue weighted by Gasteiger charge is 2.36. The maximum atomic E-state index is 13.3. The van der Waals surface area contributed by atoms with Crippen molar-refractivity contribution in [1.29, 1.82) is 0 Å². The van der Waals surface area contributed by atoms with E-state index in [1.807, 2.05) is 47.1 Å². The molecule has 0 spiro atoms. The first-order chi connectivity index (χ1) is 17.2. The SMILES string of the molecule is CC1(C)CC(=O)c2c(Cc3ccccc3)nn(-c3ccc(C(N)=O)c(NC4CCC(O)CC4)c3)c2C1. The zero-order chi connectivity index (χ0) is 25.4. The van der Waals surface area contributed by atoms with Crippen molar-refractivity contribution in [2.45, 2.75) is 70.9 Å². The smallest absolute Gasteiger partial charge is 0.250 e. The fourth-order valence-corrected chi connectivity index (χ4v) is 5.59. The van der Waals surface area contributed by atoms with Crippen LogP contribution in [0.5, 0.6) is 0 Å². The lowest BCUT2D eigenvalue weighted by molar-refractivity contribution is 0.0909. The second kappa shape index (κ2) is 9.54. The van der Waals surface area contributed by atoms with E-state index in [1.54, 1.807) is 6.07 Å². The van der Waals surface area contributed by atoms with E-state index >= 15 is 0 Å². The van der Waals surface area contributed by atoms with Gasteiger partial charge in [0.1, 0.15) is 0 Å². The summed E-state index contributed by atoms with van der Waals surface area (Å²) in [5.41, 5.74) is 10.9. The number of ketones is 1. The molecule has 0 aliphatic heterocycles. The number of hydrogen-bond donors (Lipinski definition) is 3. The zero-order valence-electron chi connectivity index (χ0n) is 21.0. The number of hydrogen-bond acceptors (Lipinski definition) is 5. The molecule has 1 saturated carbocycles. The second-order valence-electron chi connectivity index (χ2n) is 11.0. The molecule has 0 unspecified atom stereocenters. The number of benzene rings is 2. The molecule has 4 N–H and O–H groups in total. The van der Waals surface area contributed by atoms with Gasteiger partial charge >= 0.3 is 0 Å². The van der Waals surface area contributed by atoms with Crippen LogP contribution < -0.4 is 11.1 Å². The number of nitrogens with zero attached hydrogens (tertiary/aromatic N) is 2. The molecule has 2 aromatic carbocycles. The summed E-state index contributed by atoms with van der Waals surface area (Å²) >= 11 is 0. The average Bonchev–Trinajstić information content (AvgIpc) is 3.18. The first-order valence-electron chi connectivity index (χ1n) is 12.8. The molecule has 188 valence electrons. The number of carbonyl (C=O) groups is 2. The molecule has 0 radical (unpaired) electrons. The van der Waals surface area contributed by atoms with Crippen LogP contribution >= 0.6 is 0 Å². The Kier molecular flexibility index (Phi) is 6.43. The number of Topliss-reactive ketones (excluding diaryl/α,β-unsaturated/α-hetero) is 1. The van der Waals surface area contributed by atoms with Gasteiger partial charge in [0.25, 0.3) is 5.91 Å². The summed E-state index contributed by atoms with van der Waals surface area (Å²) in [6, 6.07) is 15.7. The molecule has 1 amide bonds. The molecule has 5 rings (SSSR count). The molecule has 0 bridgehead atoms. The lowest BCUT2D eigenvalue weighted by Crippen LogP contribution is -2.29. The van der Waals surface area contributed by atoms with Gasteiger partial charge in [0.2, 0.25) is 0 Å². The maximum Gasteiger partial charge on any atom is 0.250 e. The van der Waals surface area contributed by atoms with Crippen LogP contribution in [0, 0.1) is 5.41 Å². The van der Waals surface area contributed by atoms with Crippen LogP contribution in [-0.2, 0) is 12.8 Å². The summed E-state index contributed by atoms with van der Waals surface area (Å²) in [6.45, 7) is 4.23. The first kappa shape index (κ1) is 24.3. The Morgan fingerprint density at radius 3 is 2.53 bits per heavy atom. The van der Waals surface area contributed by atoms with Gasteiger partial charge in [0.05, 0.1) is 34.3 Å². The Bertz CT molecular complexity index is 1290. The van der Waals surface area contributed by atoms with Gasteiger partial charge in [-0.25, -0.2) is 4.68 Å². The normalized spacial score (nSPS) is 21.1. The van der Waals surface area contributed by atoms with Gasteiger partial charge < -0.3 is 16.2 Å². The molecular formula is C29H34N4O3. The Morgan fingerprint density at radius 2 is 1.83 bits per heavy atom. The third-order valence-corrected chi connectivity index (χ3v) is 7.40. The van der Waals surface area contributed by atoms with Gasteiger partial charge in [-0.1, -0.05) is 44.2 Å². The van der Waals surface area contributed by atoms with Crippen molar-refractivity contribution in [2.24, 2.45) is 11.1 Å². The number of aliphatic hydroxyl groups is 1. The maximum absolute atomic E-state index is 13.3. The summed E-state index contributed by atoms with van der Waals surface area (Å²) in [4.78, 5) is 25.5. The predicted molar refractivity (Wildman–Crippen MR) is 140 cm³/mol. The van der Waals surface area contributed by atoms with Crippen molar-refractivity contribution in [3.05, 3.63) is 76.6 Å². The first-order valence-corrected chi connectivity index (χ1v) is 12.8. The molecule has 1 fully saturated rings. The molecule has 1 heterocycles. The number of anilines is 1. The molecule has 7 nitrogen and oxygen atoms in total. The Balaban J connectivity index is 1.57. The number of fused-ring (bicyclic) bond motifs is 1. The quantitative estimate of drug-likeness (QED) is 0.477. The highest BCUT2D eigenvalue weighted by molar-refractivity contribution is 6.00. The average molecular weight is 487 g/mol. The van der Waals surface area contributed by atoms with E-state index in [9.17, 15) is 14.7 Å². The number of rotatable bonds is 6. The molecule has 2 aliphatic rings. The molecule has 36 heavy (non-hydrogen) atoms. The van der Waals surface area contributed by atoms with Gasteiger partial charge in [0, 0.05) is 24.6 Å². The van der Waals surface area contributed by atoms with E-state index in [2.05, 4.69) is 19.2 Å². The predicted octanol–water partition coefficient (Wildman–Crippen LogP) is 4.43. The van der Waals surface area contributed by atoms with Crippen LogP contribution in [0.4, 0.5) is 5.69 Å². The van der Waals surface area contributed by atoms with E-state index < -0.39 is 5.91 Å². The number of nitrogens with one attached hydrogen (secondary N) is 1.